The standard InChI is InChI=1S/C13H16N4O2/c1-3-7-8-10(16-15-7)11-9(12(14)17-19-11)13(8)4-5-18-6(13)2/h6H,3-5H2,1-2H3,(H2,14,17)(H,15,16)/t6-,13-/m1/s1. The zero-order chi connectivity index (χ0) is 13.2. The predicted octanol–water partition coefficient (Wildman–Crippen LogP) is 1.62. The van der Waals surface area contributed by atoms with Gasteiger partial charge in [0.15, 0.2) is 11.6 Å². The Bertz CT molecular complexity index is 660. The second kappa shape index (κ2) is 3.39. The lowest BCUT2D eigenvalue weighted by Crippen LogP contribution is -2.34. The zero-order valence-corrected chi connectivity index (χ0v) is 11.0. The molecule has 3 N–H and O–H groups in total. The topological polar surface area (TPSA) is 90.0 Å². The van der Waals surface area contributed by atoms with Crippen LogP contribution in [0.5, 0.6) is 0 Å². The van der Waals surface area contributed by atoms with Crippen molar-refractivity contribution < 1.29 is 9.26 Å². The van der Waals surface area contributed by atoms with E-state index >= 15 is 0 Å². The van der Waals surface area contributed by atoms with Gasteiger partial charge in [-0.05, 0) is 19.8 Å². The van der Waals surface area contributed by atoms with Gasteiger partial charge in [-0.3, -0.25) is 5.10 Å². The van der Waals surface area contributed by atoms with Crippen molar-refractivity contribution in [2.75, 3.05) is 12.3 Å². The van der Waals surface area contributed by atoms with Gasteiger partial charge in [0.1, 0.15) is 5.69 Å². The lowest BCUT2D eigenvalue weighted by Gasteiger charge is -2.28. The van der Waals surface area contributed by atoms with Crippen molar-refractivity contribution in [1.29, 1.82) is 0 Å². The van der Waals surface area contributed by atoms with Gasteiger partial charge in [0.05, 0.1) is 17.1 Å². The third kappa shape index (κ3) is 1.07. The largest absolute Gasteiger partial charge is 0.381 e. The maximum Gasteiger partial charge on any atom is 0.193 e. The van der Waals surface area contributed by atoms with E-state index in [0.29, 0.717) is 11.6 Å². The maximum atomic E-state index is 6.04. The molecule has 1 aliphatic carbocycles. The van der Waals surface area contributed by atoms with Crippen LogP contribution in [0.15, 0.2) is 4.52 Å². The van der Waals surface area contributed by atoms with Gasteiger partial charge < -0.3 is 15.0 Å². The zero-order valence-electron chi connectivity index (χ0n) is 11.0. The van der Waals surface area contributed by atoms with Crippen molar-refractivity contribution in [2.45, 2.75) is 38.2 Å². The molecule has 1 aliphatic heterocycles. The van der Waals surface area contributed by atoms with Crippen molar-refractivity contribution in [3.05, 3.63) is 16.8 Å². The van der Waals surface area contributed by atoms with E-state index in [1.54, 1.807) is 0 Å². The molecule has 0 saturated carbocycles. The first-order chi connectivity index (χ1) is 9.20. The molecule has 2 atom stereocenters. The highest BCUT2D eigenvalue weighted by atomic mass is 16.5. The molecule has 100 valence electrons. The fourth-order valence-corrected chi connectivity index (χ4v) is 3.70. The predicted molar refractivity (Wildman–Crippen MR) is 68.7 cm³/mol. The number of ether oxygens (including phenoxy) is 1. The third-order valence-corrected chi connectivity index (χ3v) is 4.58. The third-order valence-electron chi connectivity index (χ3n) is 4.58. The summed E-state index contributed by atoms with van der Waals surface area (Å²) in [5.74, 6) is 1.17. The van der Waals surface area contributed by atoms with Crippen LogP contribution in [0.4, 0.5) is 5.82 Å². The summed E-state index contributed by atoms with van der Waals surface area (Å²) in [6, 6.07) is 0. The van der Waals surface area contributed by atoms with E-state index in [-0.39, 0.29) is 11.5 Å². The average Bonchev–Trinajstić information content (AvgIpc) is 3.09. The van der Waals surface area contributed by atoms with Crippen LogP contribution in [0, 0.1) is 0 Å². The summed E-state index contributed by atoms with van der Waals surface area (Å²) < 4.78 is 11.2. The number of hydrogen-bond donors (Lipinski definition) is 2. The minimum Gasteiger partial charge on any atom is -0.381 e. The lowest BCUT2D eigenvalue weighted by molar-refractivity contribution is 0.104. The molecular weight excluding hydrogens is 244 g/mol. The van der Waals surface area contributed by atoms with Gasteiger partial charge in [0.25, 0.3) is 0 Å². The molecule has 0 unspecified atom stereocenters. The van der Waals surface area contributed by atoms with Crippen LogP contribution in [0.25, 0.3) is 11.5 Å². The number of anilines is 1. The minimum atomic E-state index is -0.243. The van der Waals surface area contributed by atoms with Crippen molar-refractivity contribution in [1.82, 2.24) is 15.4 Å². The van der Waals surface area contributed by atoms with E-state index in [1.807, 2.05) is 0 Å². The van der Waals surface area contributed by atoms with Crippen LogP contribution >= 0.6 is 0 Å². The molecule has 19 heavy (non-hydrogen) atoms. The number of nitrogens with two attached hydrogens (primary N) is 1. The quantitative estimate of drug-likeness (QED) is 0.813. The van der Waals surface area contributed by atoms with E-state index in [4.69, 9.17) is 15.0 Å². The van der Waals surface area contributed by atoms with E-state index in [0.717, 1.165) is 36.4 Å². The van der Waals surface area contributed by atoms with Gasteiger partial charge >= 0.3 is 0 Å². The molecule has 1 saturated heterocycles. The summed E-state index contributed by atoms with van der Waals surface area (Å²) in [4.78, 5) is 0. The van der Waals surface area contributed by atoms with Crippen molar-refractivity contribution in [3.63, 3.8) is 0 Å². The lowest BCUT2D eigenvalue weighted by atomic mass is 9.73. The molecule has 2 aromatic heterocycles. The van der Waals surface area contributed by atoms with E-state index in [9.17, 15) is 0 Å². The Morgan fingerprint density at radius 2 is 2.32 bits per heavy atom. The summed E-state index contributed by atoms with van der Waals surface area (Å²) in [6.45, 7) is 4.92. The first-order valence-electron chi connectivity index (χ1n) is 6.65. The number of H-pyrrole nitrogens is 1. The normalized spacial score (nSPS) is 28.0. The van der Waals surface area contributed by atoms with Gasteiger partial charge in [-0.25, -0.2) is 0 Å². The van der Waals surface area contributed by atoms with E-state index < -0.39 is 0 Å². The number of rotatable bonds is 1. The number of nitrogens with one attached hydrogen (secondary N) is 1. The molecule has 2 aliphatic rings. The van der Waals surface area contributed by atoms with Gasteiger partial charge in [-0.2, -0.15) is 5.10 Å². The summed E-state index contributed by atoms with van der Waals surface area (Å²) in [7, 11) is 0. The number of hydrogen-bond acceptors (Lipinski definition) is 5. The van der Waals surface area contributed by atoms with Gasteiger partial charge in [-0.15, -0.1) is 0 Å². The van der Waals surface area contributed by atoms with E-state index in [2.05, 4.69) is 29.2 Å². The van der Waals surface area contributed by atoms with Crippen LogP contribution in [-0.4, -0.2) is 28.1 Å². The maximum absolute atomic E-state index is 6.04. The summed E-state index contributed by atoms with van der Waals surface area (Å²) in [5.41, 5.74) is 9.96. The Balaban J connectivity index is 2.09. The molecule has 0 bridgehead atoms. The van der Waals surface area contributed by atoms with Crippen LogP contribution in [0.3, 0.4) is 0 Å². The number of aromatic nitrogens is 3. The monoisotopic (exact) mass is 260 g/mol. The van der Waals surface area contributed by atoms with Gasteiger partial charge in [-0.1, -0.05) is 12.1 Å². The second-order valence-electron chi connectivity index (χ2n) is 5.29. The summed E-state index contributed by atoms with van der Waals surface area (Å²) in [5, 5.41) is 11.4. The number of nitrogens with zero attached hydrogens (tertiary/aromatic N) is 2. The second-order valence-corrected chi connectivity index (χ2v) is 5.29. The fourth-order valence-electron chi connectivity index (χ4n) is 3.70. The highest BCUT2D eigenvalue weighted by molar-refractivity contribution is 5.80. The molecule has 6 heteroatoms. The molecule has 6 nitrogen and oxygen atoms in total. The molecule has 0 aromatic carbocycles. The molecule has 0 amide bonds. The highest BCUT2D eigenvalue weighted by Crippen LogP contribution is 2.57. The van der Waals surface area contributed by atoms with E-state index in [1.165, 1.54) is 5.56 Å². The van der Waals surface area contributed by atoms with Crippen LogP contribution in [0.2, 0.25) is 0 Å². The SMILES string of the molecule is CCc1[nH]nc2c1[C@]1(CCO[C@@H]1C)c1c(N)noc1-2. The molecule has 3 heterocycles. The van der Waals surface area contributed by atoms with Crippen LogP contribution in [-0.2, 0) is 16.6 Å². The molecule has 2 aromatic rings. The van der Waals surface area contributed by atoms with Crippen molar-refractivity contribution >= 4 is 5.82 Å². The highest BCUT2D eigenvalue weighted by Gasteiger charge is 2.56. The first-order valence-corrected chi connectivity index (χ1v) is 6.65. The molecule has 0 radical (unpaired) electrons. The average molecular weight is 260 g/mol. The van der Waals surface area contributed by atoms with Gasteiger partial charge in [0.2, 0.25) is 0 Å². The van der Waals surface area contributed by atoms with Crippen molar-refractivity contribution in [3.8, 4) is 11.5 Å². The molecular formula is C13H16N4O2. The Hall–Kier alpha value is -1.82. The Kier molecular flexibility index (Phi) is 1.97. The van der Waals surface area contributed by atoms with Crippen molar-refractivity contribution in [2.24, 2.45) is 0 Å². The molecule has 1 fully saturated rings. The number of fused-ring (bicyclic) bond motifs is 5. The Morgan fingerprint density at radius 3 is 3.00 bits per heavy atom. The number of aromatic amines is 1. The number of nitrogen functional groups attached to an aromatic ring is 1. The Morgan fingerprint density at radius 1 is 1.47 bits per heavy atom. The van der Waals surface area contributed by atoms with Gasteiger partial charge in [0, 0.05) is 17.9 Å². The minimum absolute atomic E-state index is 0.0529. The van der Waals surface area contributed by atoms with Crippen LogP contribution < -0.4 is 5.73 Å². The van der Waals surface area contributed by atoms with Crippen LogP contribution in [0.1, 0.15) is 37.1 Å². The molecule has 1 spiro atoms. The molecule has 4 rings (SSSR count). The smallest absolute Gasteiger partial charge is 0.193 e. The Labute approximate surface area is 110 Å². The summed E-state index contributed by atoms with van der Waals surface area (Å²) in [6.07, 6.45) is 1.85. The number of aryl methyl sites for hydroxylation is 1. The fraction of sp³-hybridized carbons (Fsp3) is 0.538. The summed E-state index contributed by atoms with van der Waals surface area (Å²) >= 11 is 0. The first kappa shape index (κ1) is 11.0.